The number of carbonyl (C=O) groups excluding carboxylic acids is 2. The normalized spacial score (nSPS) is 29.0. The standard InChI is InChI=1S/C30H29F3N2O3/c1-18(36)17-35-15-14-29-22-11-12-23(28(29)38-25-5-3-4-20(27(25)29)16-24(22)35)34(2)26(37)13-8-19-6-9-21(10-7-19)30(31,32)33/h3-7,9-10,22-24,28H,11-12,14-17H2,1-2H3/t22-,23+,24+,28-,29-/m0/s1. The van der Waals surface area contributed by atoms with Gasteiger partial charge in [-0.3, -0.25) is 14.5 Å². The van der Waals surface area contributed by atoms with Gasteiger partial charge in [-0.05, 0) is 81.0 Å². The van der Waals surface area contributed by atoms with Crippen molar-refractivity contribution < 1.29 is 27.5 Å². The number of amides is 1. The van der Waals surface area contributed by atoms with Crippen LogP contribution >= 0.6 is 0 Å². The molecule has 8 heteroatoms. The number of alkyl halides is 3. The van der Waals surface area contributed by atoms with E-state index >= 15 is 0 Å². The highest BCUT2D eigenvalue weighted by atomic mass is 19.4. The van der Waals surface area contributed by atoms with Gasteiger partial charge in [0.15, 0.2) is 0 Å². The van der Waals surface area contributed by atoms with Crippen molar-refractivity contribution in [3.8, 4) is 17.6 Å². The minimum Gasteiger partial charge on any atom is -0.487 e. The van der Waals surface area contributed by atoms with Crippen LogP contribution in [0.4, 0.5) is 13.2 Å². The van der Waals surface area contributed by atoms with E-state index in [4.69, 9.17) is 4.74 Å². The van der Waals surface area contributed by atoms with Gasteiger partial charge in [-0.15, -0.1) is 0 Å². The molecule has 2 aromatic carbocycles. The molecule has 2 bridgehead atoms. The molecule has 198 valence electrons. The Labute approximate surface area is 219 Å². The Balaban J connectivity index is 1.28. The Bertz CT molecular complexity index is 1360. The van der Waals surface area contributed by atoms with Crippen LogP contribution in [0.5, 0.6) is 5.75 Å². The van der Waals surface area contributed by atoms with Crippen LogP contribution in [0.3, 0.4) is 0 Å². The van der Waals surface area contributed by atoms with Crippen LogP contribution in [0.15, 0.2) is 42.5 Å². The van der Waals surface area contributed by atoms with Crippen molar-refractivity contribution >= 4 is 11.7 Å². The zero-order valence-corrected chi connectivity index (χ0v) is 21.3. The lowest BCUT2D eigenvalue weighted by atomic mass is 9.51. The smallest absolute Gasteiger partial charge is 0.416 e. The van der Waals surface area contributed by atoms with Gasteiger partial charge in [-0.25, -0.2) is 0 Å². The molecule has 2 fully saturated rings. The van der Waals surface area contributed by atoms with Crippen molar-refractivity contribution in [2.75, 3.05) is 20.1 Å². The minimum absolute atomic E-state index is 0.172. The summed E-state index contributed by atoms with van der Waals surface area (Å²) in [6.45, 7) is 2.91. The Morgan fingerprint density at radius 3 is 2.63 bits per heavy atom. The summed E-state index contributed by atoms with van der Waals surface area (Å²) < 4.78 is 45.2. The van der Waals surface area contributed by atoms with Crippen LogP contribution in [0, 0.1) is 17.8 Å². The third kappa shape index (κ3) is 3.82. The lowest BCUT2D eigenvalue weighted by molar-refractivity contribution is -0.137. The molecule has 1 amide bonds. The number of nitrogens with zero attached hydrogens (tertiary/aromatic N) is 2. The number of likely N-dealkylation sites (N-methyl/N-ethyl adjacent to an activating group) is 1. The minimum atomic E-state index is -4.42. The molecule has 5 nitrogen and oxygen atoms in total. The molecule has 0 aromatic heterocycles. The Morgan fingerprint density at radius 1 is 1.16 bits per heavy atom. The molecule has 2 aromatic rings. The monoisotopic (exact) mass is 522 g/mol. The van der Waals surface area contributed by atoms with Crippen LogP contribution in [0.1, 0.15) is 48.4 Å². The number of hydrogen-bond donors (Lipinski definition) is 0. The van der Waals surface area contributed by atoms with Gasteiger partial charge >= 0.3 is 6.18 Å². The second-order valence-electron chi connectivity index (χ2n) is 11.1. The van der Waals surface area contributed by atoms with Gasteiger partial charge in [0.05, 0.1) is 18.2 Å². The van der Waals surface area contributed by atoms with E-state index in [2.05, 4.69) is 22.8 Å². The first-order valence-corrected chi connectivity index (χ1v) is 13.1. The van der Waals surface area contributed by atoms with Crippen molar-refractivity contribution in [3.63, 3.8) is 0 Å². The van der Waals surface area contributed by atoms with Crippen LogP contribution in [0.2, 0.25) is 0 Å². The quantitative estimate of drug-likeness (QED) is 0.567. The van der Waals surface area contributed by atoms with Gasteiger partial charge in [0.25, 0.3) is 5.91 Å². The number of benzene rings is 2. The number of ketones is 1. The number of ether oxygens (including phenoxy) is 1. The van der Waals surface area contributed by atoms with E-state index in [-0.39, 0.29) is 35.3 Å². The molecule has 0 N–H and O–H groups in total. The first kappa shape index (κ1) is 25.0. The van der Waals surface area contributed by atoms with Crippen LogP contribution < -0.4 is 4.74 Å². The average Bonchev–Trinajstić information content (AvgIpc) is 3.22. The Kier molecular flexibility index (Phi) is 5.84. The van der Waals surface area contributed by atoms with E-state index in [0.717, 1.165) is 50.1 Å². The zero-order valence-electron chi connectivity index (χ0n) is 21.3. The number of piperidine rings is 1. The fraction of sp³-hybridized carbons (Fsp3) is 0.467. The number of likely N-dealkylation sites (tertiary alicyclic amines) is 1. The zero-order chi connectivity index (χ0) is 26.8. The number of rotatable bonds is 3. The van der Waals surface area contributed by atoms with Crippen molar-refractivity contribution in [2.24, 2.45) is 5.92 Å². The summed E-state index contributed by atoms with van der Waals surface area (Å²) in [6, 6.07) is 10.8. The molecular formula is C30H29F3N2O3. The SMILES string of the molecule is CC(=O)CN1CC[C@]23c4c5cccc4O[C@H]2[C@H](N(C)C(=O)C#Cc2ccc(C(F)(F)F)cc2)CC[C@H]3[C@H]1C5. The van der Waals surface area contributed by atoms with Gasteiger partial charge in [0.2, 0.25) is 0 Å². The van der Waals surface area contributed by atoms with Gasteiger partial charge in [0.1, 0.15) is 17.6 Å². The Hall–Kier alpha value is -3.31. The fourth-order valence-electron chi connectivity index (χ4n) is 7.55. The maximum Gasteiger partial charge on any atom is 0.416 e. The van der Waals surface area contributed by atoms with Crippen LogP contribution in [-0.2, 0) is 27.6 Å². The number of carbonyl (C=O) groups is 2. The third-order valence-corrected chi connectivity index (χ3v) is 9.07. The first-order chi connectivity index (χ1) is 18.1. The highest BCUT2D eigenvalue weighted by Crippen LogP contribution is 2.62. The molecular weight excluding hydrogens is 493 g/mol. The maximum atomic E-state index is 13.2. The average molecular weight is 523 g/mol. The van der Waals surface area contributed by atoms with E-state index in [0.29, 0.717) is 18.0 Å². The van der Waals surface area contributed by atoms with E-state index < -0.39 is 11.7 Å². The first-order valence-electron chi connectivity index (χ1n) is 13.1. The van der Waals surface area contributed by atoms with Gasteiger partial charge in [-0.1, -0.05) is 18.1 Å². The maximum absolute atomic E-state index is 13.2. The van der Waals surface area contributed by atoms with Gasteiger partial charge in [0, 0.05) is 35.6 Å². The highest BCUT2D eigenvalue weighted by Gasteiger charge is 2.65. The second kappa shape index (κ2) is 8.88. The summed E-state index contributed by atoms with van der Waals surface area (Å²) in [4.78, 5) is 29.2. The van der Waals surface area contributed by atoms with Crippen molar-refractivity contribution in [2.45, 2.75) is 62.4 Å². The van der Waals surface area contributed by atoms with Crippen molar-refractivity contribution in [1.29, 1.82) is 0 Å². The summed E-state index contributed by atoms with van der Waals surface area (Å²) >= 11 is 0. The number of Topliss-reactive ketones (excluding diaryl/α,β-unsaturated/α-hetero) is 1. The van der Waals surface area contributed by atoms with Gasteiger partial charge < -0.3 is 9.64 Å². The summed E-state index contributed by atoms with van der Waals surface area (Å²) in [6.07, 6.45) is -1.18. The van der Waals surface area contributed by atoms with Crippen molar-refractivity contribution in [3.05, 3.63) is 64.7 Å². The van der Waals surface area contributed by atoms with E-state index in [1.807, 2.05) is 12.1 Å². The molecule has 5 atom stereocenters. The Morgan fingerprint density at radius 2 is 1.92 bits per heavy atom. The highest BCUT2D eigenvalue weighted by molar-refractivity contribution is 5.94. The van der Waals surface area contributed by atoms with Crippen molar-refractivity contribution in [1.82, 2.24) is 9.80 Å². The molecule has 0 unspecified atom stereocenters. The predicted molar refractivity (Wildman–Crippen MR) is 135 cm³/mol. The van der Waals surface area contributed by atoms with Gasteiger partial charge in [-0.2, -0.15) is 13.2 Å². The predicted octanol–water partition coefficient (Wildman–Crippen LogP) is 4.21. The molecule has 2 aliphatic heterocycles. The summed E-state index contributed by atoms with van der Waals surface area (Å²) in [7, 11) is 1.74. The number of hydrogen-bond acceptors (Lipinski definition) is 4. The largest absolute Gasteiger partial charge is 0.487 e. The summed E-state index contributed by atoms with van der Waals surface area (Å²) in [5, 5.41) is 0. The van der Waals surface area contributed by atoms with Crippen LogP contribution in [0.25, 0.3) is 0 Å². The number of halogens is 3. The fourth-order valence-corrected chi connectivity index (χ4v) is 7.55. The molecule has 38 heavy (non-hydrogen) atoms. The molecule has 2 aliphatic carbocycles. The topological polar surface area (TPSA) is 49.9 Å². The molecule has 6 rings (SSSR count). The molecule has 4 aliphatic rings. The molecule has 0 radical (unpaired) electrons. The molecule has 1 saturated carbocycles. The summed E-state index contributed by atoms with van der Waals surface area (Å²) in [5.74, 6) is 6.39. The van der Waals surface area contributed by atoms with E-state index in [1.54, 1.807) is 18.9 Å². The molecule has 2 heterocycles. The van der Waals surface area contributed by atoms with E-state index in [1.165, 1.54) is 23.3 Å². The molecule has 1 spiro atoms. The second-order valence-corrected chi connectivity index (χ2v) is 11.1. The van der Waals surface area contributed by atoms with E-state index in [9.17, 15) is 22.8 Å². The summed E-state index contributed by atoms with van der Waals surface area (Å²) in [5.41, 5.74) is 1.95. The lowest BCUT2D eigenvalue weighted by Gasteiger charge is -2.60. The third-order valence-electron chi connectivity index (χ3n) is 9.07. The molecule has 1 saturated heterocycles. The lowest BCUT2D eigenvalue weighted by Crippen LogP contribution is -2.69. The van der Waals surface area contributed by atoms with Crippen LogP contribution in [-0.4, -0.2) is 59.8 Å².